The molecule has 110 valence electrons. The quantitative estimate of drug-likeness (QED) is 0.722. The molecule has 0 bridgehead atoms. The van der Waals surface area contributed by atoms with Gasteiger partial charge in [0, 0.05) is 0 Å². The van der Waals surface area contributed by atoms with Crippen molar-refractivity contribution in [3.05, 3.63) is 60.2 Å². The summed E-state index contributed by atoms with van der Waals surface area (Å²) in [4.78, 5) is 8.94. The van der Waals surface area contributed by atoms with E-state index in [2.05, 4.69) is 15.3 Å². The lowest BCUT2D eigenvalue weighted by atomic mass is 10.2. The number of nitrogens with two attached hydrogens (primary N) is 1. The number of aromatic nitrogens is 2. The third-order valence-electron chi connectivity index (χ3n) is 3.00. The van der Waals surface area contributed by atoms with Crippen LogP contribution in [0.4, 0.5) is 5.82 Å². The number of anilines is 1. The molecule has 0 unspecified atom stereocenters. The summed E-state index contributed by atoms with van der Waals surface area (Å²) in [5, 5.41) is 2.93. The second-order valence-electron chi connectivity index (χ2n) is 4.63. The van der Waals surface area contributed by atoms with Gasteiger partial charge in [-0.15, -0.1) is 0 Å². The number of para-hydroxylation sites is 2. The Balaban J connectivity index is 1.93. The number of hydrogen-bond donors (Lipinski definition) is 2. The van der Waals surface area contributed by atoms with E-state index in [1.165, 1.54) is 0 Å². The van der Waals surface area contributed by atoms with Gasteiger partial charge >= 0.3 is 0 Å². The molecule has 0 atom stereocenters. The van der Waals surface area contributed by atoms with E-state index in [0.29, 0.717) is 18.3 Å². The van der Waals surface area contributed by atoms with Crippen LogP contribution in [0.5, 0.6) is 5.88 Å². The minimum atomic E-state index is 0.120. The topological polar surface area (TPSA) is 73.1 Å². The van der Waals surface area contributed by atoms with E-state index in [9.17, 15) is 0 Å². The van der Waals surface area contributed by atoms with E-state index in [0.717, 1.165) is 16.6 Å². The van der Waals surface area contributed by atoms with Crippen molar-refractivity contribution in [1.82, 2.24) is 9.97 Å². The van der Waals surface area contributed by atoms with Gasteiger partial charge in [0.2, 0.25) is 0 Å². The molecular formula is C16H14N4OS. The Labute approximate surface area is 133 Å². The highest BCUT2D eigenvalue weighted by Crippen LogP contribution is 2.24. The Kier molecular flexibility index (Phi) is 4.11. The number of fused-ring (bicyclic) bond motifs is 1. The molecule has 5 nitrogen and oxygen atoms in total. The number of benzene rings is 2. The second-order valence-corrected chi connectivity index (χ2v) is 5.07. The predicted molar refractivity (Wildman–Crippen MR) is 90.7 cm³/mol. The van der Waals surface area contributed by atoms with Crippen molar-refractivity contribution < 1.29 is 4.74 Å². The third-order valence-corrected chi connectivity index (χ3v) is 3.10. The first-order valence-electron chi connectivity index (χ1n) is 6.72. The summed E-state index contributed by atoms with van der Waals surface area (Å²) in [6, 6.07) is 17.4. The zero-order valence-corrected chi connectivity index (χ0v) is 12.5. The van der Waals surface area contributed by atoms with Crippen LogP contribution in [0, 0.1) is 0 Å². The van der Waals surface area contributed by atoms with Crippen molar-refractivity contribution in [2.75, 3.05) is 5.32 Å². The largest absolute Gasteiger partial charge is 0.470 e. The number of rotatable bonds is 4. The molecule has 1 heterocycles. The molecule has 2 aromatic carbocycles. The maximum atomic E-state index is 5.78. The van der Waals surface area contributed by atoms with Gasteiger partial charge in [-0.3, -0.25) is 0 Å². The highest BCUT2D eigenvalue weighted by Gasteiger charge is 2.11. The molecular weight excluding hydrogens is 296 g/mol. The lowest BCUT2D eigenvalue weighted by Crippen LogP contribution is -2.20. The Hall–Kier alpha value is -2.73. The summed E-state index contributed by atoms with van der Waals surface area (Å²) in [5.41, 5.74) is 8.08. The summed E-state index contributed by atoms with van der Waals surface area (Å²) < 4.78 is 5.78. The molecule has 22 heavy (non-hydrogen) atoms. The van der Waals surface area contributed by atoms with Gasteiger partial charge < -0.3 is 15.8 Å². The molecule has 0 spiro atoms. The molecule has 0 saturated heterocycles. The van der Waals surface area contributed by atoms with Crippen molar-refractivity contribution in [3.8, 4) is 5.88 Å². The summed E-state index contributed by atoms with van der Waals surface area (Å²) in [5.74, 6) is 0.789. The van der Waals surface area contributed by atoms with Crippen molar-refractivity contribution in [2.24, 2.45) is 5.73 Å². The first-order chi connectivity index (χ1) is 10.7. The monoisotopic (exact) mass is 310 g/mol. The minimum Gasteiger partial charge on any atom is -0.470 e. The number of thiocarbonyl (C=S) groups is 1. The first kappa shape index (κ1) is 14.2. The molecule has 0 aliphatic heterocycles. The van der Waals surface area contributed by atoms with Crippen LogP contribution in [0.1, 0.15) is 5.56 Å². The van der Waals surface area contributed by atoms with Crippen LogP contribution in [0.15, 0.2) is 54.6 Å². The Bertz CT molecular complexity index is 808. The fraction of sp³-hybridized carbons (Fsp3) is 0.0625. The maximum Gasteiger partial charge on any atom is 0.258 e. The van der Waals surface area contributed by atoms with Gasteiger partial charge in [0.05, 0.1) is 11.0 Å². The lowest BCUT2D eigenvalue weighted by Gasteiger charge is -2.11. The highest BCUT2D eigenvalue weighted by atomic mass is 32.1. The van der Waals surface area contributed by atoms with Gasteiger partial charge in [0.1, 0.15) is 6.61 Å². The smallest absolute Gasteiger partial charge is 0.258 e. The van der Waals surface area contributed by atoms with E-state index in [1.54, 1.807) is 0 Å². The normalized spacial score (nSPS) is 10.4. The Morgan fingerprint density at radius 1 is 1.00 bits per heavy atom. The van der Waals surface area contributed by atoms with Crippen LogP contribution in [0.2, 0.25) is 0 Å². The van der Waals surface area contributed by atoms with Crippen molar-refractivity contribution in [1.29, 1.82) is 0 Å². The van der Waals surface area contributed by atoms with E-state index in [1.807, 2.05) is 54.6 Å². The zero-order chi connectivity index (χ0) is 15.4. The zero-order valence-electron chi connectivity index (χ0n) is 11.7. The summed E-state index contributed by atoms with van der Waals surface area (Å²) in [7, 11) is 0. The van der Waals surface area contributed by atoms with Gasteiger partial charge in [-0.1, -0.05) is 42.5 Å². The molecule has 3 aromatic rings. The Morgan fingerprint density at radius 3 is 2.32 bits per heavy atom. The van der Waals surface area contributed by atoms with Crippen LogP contribution >= 0.6 is 12.2 Å². The molecule has 3 rings (SSSR count). The van der Waals surface area contributed by atoms with E-state index >= 15 is 0 Å². The van der Waals surface area contributed by atoms with Crippen LogP contribution in [0.3, 0.4) is 0 Å². The fourth-order valence-electron chi connectivity index (χ4n) is 2.01. The maximum absolute atomic E-state index is 5.78. The van der Waals surface area contributed by atoms with E-state index in [4.69, 9.17) is 22.7 Å². The molecule has 0 amide bonds. The average Bonchev–Trinajstić information content (AvgIpc) is 2.53. The van der Waals surface area contributed by atoms with Crippen molar-refractivity contribution in [2.45, 2.75) is 6.61 Å². The average molecular weight is 310 g/mol. The second kappa shape index (κ2) is 6.36. The van der Waals surface area contributed by atoms with Gasteiger partial charge in [-0.05, 0) is 29.9 Å². The number of hydrogen-bond acceptors (Lipinski definition) is 4. The van der Waals surface area contributed by atoms with Gasteiger partial charge in [0.25, 0.3) is 5.88 Å². The predicted octanol–water partition coefficient (Wildman–Crippen LogP) is 2.86. The van der Waals surface area contributed by atoms with Crippen LogP contribution in [-0.2, 0) is 6.61 Å². The minimum absolute atomic E-state index is 0.120. The number of nitrogens with zero attached hydrogens (tertiary/aromatic N) is 2. The first-order valence-corrected chi connectivity index (χ1v) is 7.13. The van der Waals surface area contributed by atoms with Crippen molar-refractivity contribution >= 4 is 34.2 Å². The summed E-state index contributed by atoms with van der Waals surface area (Å²) in [6.45, 7) is 0.389. The van der Waals surface area contributed by atoms with Gasteiger partial charge in [0.15, 0.2) is 10.9 Å². The Morgan fingerprint density at radius 2 is 1.64 bits per heavy atom. The lowest BCUT2D eigenvalue weighted by molar-refractivity contribution is 0.296. The molecule has 3 N–H and O–H groups in total. The number of nitrogens with one attached hydrogen (secondary N) is 1. The van der Waals surface area contributed by atoms with Crippen molar-refractivity contribution in [3.63, 3.8) is 0 Å². The molecule has 0 fully saturated rings. The molecule has 1 aromatic heterocycles. The van der Waals surface area contributed by atoms with Gasteiger partial charge in [-0.2, -0.15) is 0 Å². The van der Waals surface area contributed by atoms with Gasteiger partial charge in [-0.25, -0.2) is 9.97 Å². The SMILES string of the molecule is NC(=S)Nc1nc2ccccc2nc1OCc1ccccc1. The standard InChI is InChI=1S/C16H14N4OS/c17-16(22)20-14-15(21-10-11-6-2-1-3-7-11)19-13-9-5-4-8-12(13)18-14/h1-9H,10H2,(H3,17,18,20,22). The highest BCUT2D eigenvalue weighted by molar-refractivity contribution is 7.80. The van der Waals surface area contributed by atoms with E-state index < -0.39 is 0 Å². The van der Waals surface area contributed by atoms with E-state index in [-0.39, 0.29) is 5.11 Å². The van der Waals surface area contributed by atoms with Crippen LogP contribution < -0.4 is 15.8 Å². The number of ether oxygens (including phenoxy) is 1. The third kappa shape index (κ3) is 3.29. The summed E-state index contributed by atoms with van der Waals surface area (Å²) >= 11 is 4.88. The molecule has 0 radical (unpaired) electrons. The molecule has 6 heteroatoms. The van der Waals surface area contributed by atoms with Crippen LogP contribution in [0.25, 0.3) is 11.0 Å². The van der Waals surface area contributed by atoms with Crippen LogP contribution in [-0.4, -0.2) is 15.1 Å². The fourth-order valence-corrected chi connectivity index (χ4v) is 2.11. The summed E-state index contributed by atoms with van der Waals surface area (Å²) in [6.07, 6.45) is 0. The molecule has 0 saturated carbocycles. The molecule has 0 aliphatic rings. The molecule has 0 aliphatic carbocycles.